The SMILES string of the molecule is Cc1cc(CN2CCC(C3CCN(c4nncs4)CC3)CC2)on1. The van der Waals surface area contributed by atoms with Crippen LogP contribution in [0.1, 0.15) is 37.1 Å². The van der Waals surface area contributed by atoms with E-state index >= 15 is 0 Å². The summed E-state index contributed by atoms with van der Waals surface area (Å²) < 4.78 is 5.35. The van der Waals surface area contributed by atoms with Crippen LogP contribution in [0.5, 0.6) is 0 Å². The Morgan fingerprint density at radius 1 is 1.12 bits per heavy atom. The van der Waals surface area contributed by atoms with Gasteiger partial charge < -0.3 is 9.42 Å². The highest BCUT2D eigenvalue weighted by Crippen LogP contribution is 2.34. The van der Waals surface area contributed by atoms with E-state index in [-0.39, 0.29) is 0 Å². The van der Waals surface area contributed by atoms with Crippen LogP contribution in [0.4, 0.5) is 5.13 Å². The number of hydrogen-bond donors (Lipinski definition) is 0. The molecule has 2 aromatic heterocycles. The van der Waals surface area contributed by atoms with E-state index in [2.05, 4.69) is 31.2 Å². The van der Waals surface area contributed by atoms with Crippen LogP contribution >= 0.6 is 11.3 Å². The van der Waals surface area contributed by atoms with E-state index in [0.717, 1.165) is 48.1 Å². The van der Waals surface area contributed by atoms with E-state index in [9.17, 15) is 0 Å². The summed E-state index contributed by atoms with van der Waals surface area (Å²) in [5.74, 6) is 2.76. The fraction of sp³-hybridized carbons (Fsp3) is 0.706. The number of aryl methyl sites for hydroxylation is 1. The van der Waals surface area contributed by atoms with E-state index in [0.29, 0.717) is 0 Å². The lowest BCUT2D eigenvalue weighted by Gasteiger charge is -2.39. The summed E-state index contributed by atoms with van der Waals surface area (Å²) in [6, 6.07) is 2.05. The Labute approximate surface area is 146 Å². The van der Waals surface area contributed by atoms with Crippen molar-refractivity contribution in [1.82, 2.24) is 20.3 Å². The maximum atomic E-state index is 5.35. The molecule has 0 bridgehead atoms. The first kappa shape index (κ1) is 16.0. The Morgan fingerprint density at radius 2 is 1.83 bits per heavy atom. The van der Waals surface area contributed by atoms with Crippen molar-refractivity contribution >= 4 is 16.5 Å². The minimum Gasteiger partial charge on any atom is -0.360 e. The Balaban J connectivity index is 1.23. The minimum absolute atomic E-state index is 0.879. The summed E-state index contributed by atoms with van der Waals surface area (Å²) in [6.45, 7) is 7.52. The molecule has 6 nitrogen and oxygen atoms in total. The number of aromatic nitrogens is 3. The third-order valence-electron chi connectivity index (χ3n) is 5.51. The molecule has 0 spiro atoms. The summed E-state index contributed by atoms with van der Waals surface area (Å²) in [7, 11) is 0. The molecule has 7 heteroatoms. The van der Waals surface area contributed by atoms with Gasteiger partial charge in [0.05, 0.1) is 12.2 Å². The molecule has 0 aromatic carbocycles. The molecule has 2 aliphatic rings. The van der Waals surface area contributed by atoms with Gasteiger partial charge in [-0.3, -0.25) is 4.90 Å². The fourth-order valence-corrected chi connectivity index (χ4v) is 4.78. The summed E-state index contributed by atoms with van der Waals surface area (Å²) in [6.07, 6.45) is 5.23. The van der Waals surface area contributed by atoms with Gasteiger partial charge in [-0.1, -0.05) is 16.5 Å². The minimum atomic E-state index is 0.879. The first-order valence-corrected chi connectivity index (χ1v) is 9.81. The molecule has 0 N–H and O–H groups in total. The van der Waals surface area contributed by atoms with Gasteiger partial charge in [0.2, 0.25) is 5.13 Å². The van der Waals surface area contributed by atoms with E-state index in [1.165, 1.54) is 38.8 Å². The standard InChI is InChI=1S/C17H25N5OS/c1-13-10-16(23-20-13)11-21-6-2-14(3-7-21)15-4-8-22(9-5-15)17-19-18-12-24-17/h10,12,14-15H,2-9,11H2,1H3. The maximum Gasteiger partial charge on any atom is 0.208 e. The second kappa shape index (κ2) is 7.19. The number of rotatable bonds is 4. The normalized spacial score (nSPS) is 21.5. The molecule has 2 fully saturated rings. The number of nitrogens with zero attached hydrogens (tertiary/aromatic N) is 5. The molecular weight excluding hydrogens is 322 g/mol. The zero-order chi connectivity index (χ0) is 16.4. The molecule has 0 saturated carbocycles. The topological polar surface area (TPSA) is 58.3 Å². The second-order valence-corrected chi connectivity index (χ2v) is 7.91. The zero-order valence-electron chi connectivity index (χ0n) is 14.2. The molecule has 4 rings (SSSR count). The van der Waals surface area contributed by atoms with Gasteiger partial charge in [-0.05, 0) is 57.5 Å². The first-order chi connectivity index (χ1) is 11.8. The molecule has 2 aromatic rings. The van der Waals surface area contributed by atoms with Crippen molar-refractivity contribution in [2.75, 3.05) is 31.1 Å². The highest BCUT2D eigenvalue weighted by molar-refractivity contribution is 7.13. The molecular formula is C17H25N5OS. The third-order valence-corrected chi connectivity index (χ3v) is 6.26. The molecule has 0 atom stereocenters. The molecule has 0 amide bonds. The number of anilines is 1. The largest absolute Gasteiger partial charge is 0.360 e. The Bertz CT molecular complexity index is 627. The molecule has 2 aliphatic heterocycles. The van der Waals surface area contributed by atoms with Crippen LogP contribution in [0, 0.1) is 18.8 Å². The fourth-order valence-electron chi connectivity index (χ4n) is 4.16. The van der Waals surface area contributed by atoms with Gasteiger partial charge in [-0.2, -0.15) is 0 Å². The van der Waals surface area contributed by atoms with Crippen molar-refractivity contribution in [1.29, 1.82) is 0 Å². The van der Waals surface area contributed by atoms with Crippen molar-refractivity contribution < 1.29 is 4.52 Å². The average molecular weight is 347 g/mol. The van der Waals surface area contributed by atoms with Crippen LogP contribution in [0.25, 0.3) is 0 Å². The first-order valence-electron chi connectivity index (χ1n) is 8.93. The number of likely N-dealkylation sites (tertiary alicyclic amines) is 1. The van der Waals surface area contributed by atoms with Crippen molar-refractivity contribution in [3.8, 4) is 0 Å². The summed E-state index contributed by atoms with van der Waals surface area (Å²) in [5, 5.41) is 13.2. The highest BCUT2D eigenvalue weighted by atomic mass is 32.1. The highest BCUT2D eigenvalue weighted by Gasteiger charge is 2.30. The molecule has 130 valence electrons. The molecule has 0 radical (unpaired) electrons. The summed E-state index contributed by atoms with van der Waals surface area (Å²) in [4.78, 5) is 4.91. The van der Waals surface area contributed by atoms with Crippen LogP contribution < -0.4 is 4.90 Å². The van der Waals surface area contributed by atoms with E-state index in [1.807, 2.05) is 12.4 Å². The van der Waals surface area contributed by atoms with Gasteiger partial charge in [0, 0.05) is 19.2 Å². The molecule has 2 saturated heterocycles. The quantitative estimate of drug-likeness (QED) is 0.847. The van der Waals surface area contributed by atoms with E-state index in [1.54, 1.807) is 11.3 Å². The van der Waals surface area contributed by atoms with Crippen LogP contribution in [0.3, 0.4) is 0 Å². The predicted octanol–water partition coefficient (Wildman–Crippen LogP) is 2.96. The van der Waals surface area contributed by atoms with Crippen LogP contribution in [-0.2, 0) is 6.54 Å². The lowest BCUT2D eigenvalue weighted by atomic mass is 9.79. The molecule has 0 unspecified atom stereocenters. The average Bonchev–Trinajstić information content (AvgIpc) is 3.28. The third kappa shape index (κ3) is 3.62. The number of hydrogen-bond acceptors (Lipinski definition) is 7. The van der Waals surface area contributed by atoms with Crippen LogP contribution in [0.15, 0.2) is 16.1 Å². The van der Waals surface area contributed by atoms with E-state index in [4.69, 9.17) is 4.52 Å². The predicted molar refractivity (Wildman–Crippen MR) is 94.1 cm³/mol. The van der Waals surface area contributed by atoms with Crippen molar-refractivity contribution in [3.05, 3.63) is 23.0 Å². The van der Waals surface area contributed by atoms with Gasteiger partial charge in [0.15, 0.2) is 5.76 Å². The molecule has 4 heterocycles. The molecule has 24 heavy (non-hydrogen) atoms. The van der Waals surface area contributed by atoms with E-state index < -0.39 is 0 Å². The zero-order valence-corrected chi connectivity index (χ0v) is 15.0. The van der Waals surface area contributed by atoms with Gasteiger partial charge >= 0.3 is 0 Å². The maximum absolute atomic E-state index is 5.35. The smallest absolute Gasteiger partial charge is 0.208 e. The summed E-state index contributed by atoms with van der Waals surface area (Å²) >= 11 is 1.65. The van der Waals surface area contributed by atoms with Gasteiger partial charge in [0.25, 0.3) is 0 Å². The van der Waals surface area contributed by atoms with Gasteiger partial charge in [-0.25, -0.2) is 0 Å². The molecule has 0 aliphatic carbocycles. The van der Waals surface area contributed by atoms with Crippen LogP contribution in [-0.4, -0.2) is 46.4 Å². The Morgan fingerprint density at radius 3 is 2.42 bits per heavy atom. The van der Waals surface area contributed by atoms with Crippen LogP contribution in [0.2, 0.25) is 0 Å². The Kier molecular flexibility index (Phi) is 4.80. The van der Waals surface area contributed by atoms with Crippen molar-refractivity contribution in [3.63, 3.8) is 0 Å². The monoisotopic (exact) mass is 347 g/mol. The second-order valence-electron chi connectivity index (χ2n) is 7.09. The lowest BCUT2D eigenvalue weighted by molar-refractivity contribution is 0.121. The summed E-state index contributed by atoms with van der Waals surface area (Å²) in [5.41, 5.74) is 2.80. The van der Waals surface area contributed by atoms with Gasteiger partial charge in [0.1, 0.15) is 5.51 Å². The Hall–Kier alpha value is -1.47. The van der Waals surface area contributed by atoms with Crippen molar-refractivity contribution in [2.24, 2.45) is 11.8 Å². The lowest BCUT2D eigenvalue weighted by Crippen LogP contribution is -2.40. The van der Waals surface area contributed by atoms with Crippen molar-refractivity contribution in [2.45, 2.75) is 39.2 Å². The van der Waals surface area contributed by atoms with Gasteiger partial charge in [-0.15, -0.1) is 10.2 Å². The number of piperidine rings is 2.